The van der Waals surface area contributed by atoms with E-state index in [1.807, 2.05) is 36.4 Å². The largest absolute Gasteiger partial charge is 0.378 e. The predicted octanol–water partition coefficient (Wildman–Crippen LogP) is 1.87. The first-order chi connectivity index (χ1) is 9.27. The van der Waals surface area contributed by atoms with E-state index in [4.69, 9.17) is 0 Å². The van der Waals surface area contributed by atoms with Crippen molar-refractivity contribution >= 4 is 12.1 Å². The second-order valence-electron chi connectivity index (χ2n) is 3.96. The molecule has 0 heterocycles. The fraction of sp³-hybridized carbons (Fsp3) is 0.0667. The van der Waals surface area contributed by atoms with Crippen LogP contribution in [0, 0.1) is 0 Å². The maximum absolute atomic E-state index is 11.7. The fourth-order valence-electron chi connectivity index (χ4n) is 1.56. The van der Waals surface area contributed by atoms with E-state index < -0.39 is 12.0 Å². The molecule has 2 rings (SSSR count). The number of carbonyl (C=O) groups is 1. The number of nitrogens with one attached hydrogen (secondary N) is 1. The molecular weight excluding hydrogens is 240 g/mol. The van der Waals surface area contributed by atoms with E-state index >= 15 is 0 Å². The predicted molar refractivity (Wildman–Crippen MR) is 73.6 cm³/mol. The highest BCUT2D eigenvalue weighted by molar-refractivity contribution is 5.84. The van der Waals surface area contributed by atoms with Crippen molar-refractivity contribution in [3.63, 3.8) is 0 Å². The molecule has 0 saturated carbocycles. The molecular formula is C15H14N2O2. The Kier molecular flexibility index (Phi) is 4.42. The van der Waals surface area contributed by atoms with Crippen LogP contribution in [0.25, 0.3) is 0 Å². The molecule has 0 aliphatic rings. The summed E-state index contributed by atoms with van der Waals surface area (Å²) in [5, 5.41) is 13.6. The quantitative estimate of drug-likeness (QED) is 0.646. The molecule has 0 spiro atoms. The van der Waals surface area contributed by atoms with E-state index in [1.54, 1.807) is 24.3 Å². The molecule has 2 aromatic carbocycles. The molecule has 0 bridgehead atoms. The van der Waals surface area contributed by atoms with Gasteiger partial charge in [-0.2, -0.15) is 5.10 Å². The fourth-order valence-corrected chi connectivity index (χ4v) is 1.56. The van der Waals surface area contributed by atoms with Crippen molar-refractivity contribution < 1.29 is 9.90 Å². The highest BCUT2D eigenvalue weighted by Crippen LogP contribution is 2.11. The van der Waals surface area contributed by atoms with Crippen LogP contribution in [0.2, 0.25) is 0 Å². The van der Waals surface area contributed by atoms with Crippen LogP contribution < -0.4 is 5.43 Å². The zero-order valence-electron chi connectivity index (χ0n) is 10.2. The summed E-state index contributed by atoms with van der Waals surface area (Å²) >= 11 is 0. The monoisotopic (exact) mass is 254 g/mol. The second-order valence-corrected chi connectivity index (χ2v) is 3.96. The lowest BCUT2D eigenvalue weighted by atomic mass is 10.1. The summed E-state index contributed by atoms with van der Waals surface area (Å²) in [6.45, 7) is 0. The van der Waals surface area contributed by atoms with Crippen LogP contribution in [0.1, 0.15) is 17.2 Å². The van der Waals surface area contributed by atoms with Crippen LogP contribution in [0.4, 0.5) is 0 Å². The highest BCUT2D eigenvalue weighted by Gasteiger charge is 2.15. The van der Waals surface area contributed by atoms with Crippen molar-refractivity contribution in [2.45, 2.75) is 6.10 Å². The lowest BCUT2D eigenvalue weighted by Crippen LogP contribution is -2.25. The zero-order valence-corrected chi connectivity index (χ0v) is 10.2. The Labute approximate surface area is 111 Å². The van der Waals surface area contributed by atoms with Gasteiger partial charge in [-0.15, -0.1) is 0 Å². The molecule has 19 heavy (non-hydrogen) atoms. The molecule has 0 saturated heterocycles. The number of carbonyl (C=O) groups excluding carboxylic acids is 1. The first-order valence-corrected chi connectivity index (χ1v) is 5.88. The molecule has 0 unspecified atom stereocenters. The van der Waals surface area contributed by atoms with Gasteiger partial charge in [0.05, 0.1) is 6.21 Å². The molecule has 0 aliphatic carbocycles. The lowest BCUT2D eigenvalue weighted by Gasteiger charge is -2.08. The van der Waals surface area contributed by atoms with Gasteiger partial charge in [0.2, 0.25) is 0 Å². The smallest absolute Gasteiger partial charge is 0.273 e. The van der Waals surface area contributed by atoms with Crippen molar-refractivity contribution in [3.05, 3.63) is 71.8 Å². The van der Waals surface area contributed by atoms with Crippen LogP contribution in [-0.4, -0.2) is 17.2 Å². The molecule has 1 atom stereocenters. The Bertz CT molecular complexity index is 553. The van der Waals surface area contributed by atoms with Crippen LogP contribution in [0.5, 0.6) is 0 Å². The molecule has 4 nitrogen and oxygen atoms in total. The molecule has 4 heteroatoms. The number of aliphatic hydroxyl groups excluding tert-OH is 1. The van der Waals surface area contributed by atoms with Gasteiger partial charge in [-0.05, 0) is 11.1 Å². The third-order valence-corrected chi connectivity index (χ3v) is 2.55. The number of benzene rings is 2. The summed E-state index contributed by atoms with van der Waals surface area (Å²) in [6, 6.07) is 18.1. The van der Waals surface area contributed by atoms with E-state index in [0.29, 0.717) is 5.56 Å². The van der Waals surface area contributed by atoms with Gasteiger partial charge >= 0.3 is 0 Å². The second kappa shape index (κ2) is 6.47. The third-order valence-electron chi connectivity index (χ3n) is 2.55. The van der Waals surface area contributed by atoms with Crippen LogP contribution in [-0.2, 0) is 4.79 Å². The topological polar surface area (TPSA) is 61.7 Å². The highest BCUT2D eigenvalue weighted by atomic mass is 16.3. The third kappa shape index (κ3) is 3.76. The minimum Gasteiger partial charge on any atom is -0.378 e. The number of hydrogen-bond acceptors (Lipinski definition) is 3. The van der Waals surface area contributed by atoms with Crippen LogP contribution >= 0.6 is 0 Å². The number of hydrazone groups is 1. The van der Waals surface area contributed by atoms with E-state index in [0.717, 1.165) is 5.56 Å². The molecule has 0 fully saturated rings. The van der Waals surface area contributed by atoms with Gasteiger partial charge in [-0.3, -0.25) is 4.79 Å². The minimum atomic E-state index is -1.21. The summed E-state index contributed by atoms with van der Waals surface area (Å²) in [6.07, 6.45) is 0.310. The Morgan fingerprint density at radius 3 is 2.26 bits per heavy atom. The van der Waals surface area contributed by atoms with Crippen molar-refractivity contribution in [2.75, 3.05) is 0 Å². The van der Waals surface area contributed by atoms with E-state index in [-0.39, 0.29) is 0 Å². The van der Waals surface area contributed by atoms with E-state index in [2.05, 4.69) is 10.5 Å². The molecule has 2 aromatic rings. The van der Waals surface area contributed by atoms with Crippen molar-refractivity contribution in [1.82, 2.24) is 5.43 Å². The number of hydrogen-bond donors (Lipinski definition) is 2. The summed E-state index contributed by atoms with van der Waals surface area (Å²) in [5.41, 5.74) is 3.72. The molecule has 1 amide bonds. The van der Waals surface area contributed by atoms with E-state index in [1.165, 1.54) is 6.21 Å². The summed E-state index contributed by atoms with van der Waals surface area (Å²) < 4.78 is 0. The van der Waals surface area contributed by atoms with Crippen molar-refractivity contribution in [1.29, 1.82) is 0 Å². The summed E-state index contributed by atoms with van der Waals surface area (Å²) in [7, 11) is 0. The summed E-state index contributed by atoms with van der Waals surface area (Å²) in [5.74, 6) is -0.557. The maximum atomic E-state index is 11.7. The average Bonchev–Trinajstić information content (AvgIpc) is 2.48. The lowest BCUT2D eigenvalue weighted by molar-refractivity contribution is -0.129. The Morgan fingerprint density at radius 2 is 1.63 bits per heavy atom. The first kappa shape index (κ1) is 13.0. The molecule has 96 valence electrons. The van der Waals surface area contributed by atoms with Crippen LogP contribution in [0.15, 0.2) is 65.8 Å². The maximum Gasteiger partial charge on any atom is 0.273 e. The van der Waals surface area contributed by atoms with Gasteiger partial charge in [0.15, 0.2) is 6.10 Å². The van der Waals surface area contributed by atoms with E-state index in [9.17, 15) is 9.90 Å². The molecule has 0 aromatic heterocycles. The number of amides is 1. The van der Waals surface area contributed by atoms with Crippen molar-refractivity contribution in [2.24, 2.45) is 5.10 Å². The van der Waals surface area contributed by atoms with Crippen LogP contribution in [0.3, 0.4) is 0 Å². The molecule has 0 aliphatic heterocycles. The SMILES string of the molecule is O=C(NN=Cc1ccccc1)[C@@H](O)c1ccccc1. The normalized spacial score (nSPS) is 12.3. The summed E-state index contributed by atoms with van der Waals surface area (Å²) in [4.78, 5) is 11.7. The zero-order chi connectivity index (χ0) is 13.5. The number of aliphatic hydroxyl groups is 1. The average molecular weight is 254 g/mol. The van der Waals surface area contributed by atoms with Gasteiger partial charge in [0, 0.05) is 0 Å². The Hall–Kier alpha value is -2.46. The molecule has 0 radical (unpaired) electrons. The minimum absolute atomic E-state index is 0.537. The first-order valence-electron chi connectivity index (χ1n) is 5.88. The van der Waals surface area contributed by atoms with Gasteiger partial charge in [-0.1, -0.05) is 60.7 Å². The molecule has 2 N–H and O–H groups in total. The Morgan fingerprint density at radius 1 is 1.05 bits per heavy atom. The number of rotatable bonds is 4. The van der Waals surface area contributed by atoms with Gasteiger partial charge in [0.1, 0.15) is 0 Å². The van der Waals surface area contributed by atoms with Crippen molar-refractivity contribution in [3.8, 4) is 0 Å². The van der Waals surface area contributed by atoms with Gasteiger partial charge in [0.25, 0.3) is 5.91 Å². The number of nitrogens with zero attached hydrogens (tertiary/aromatic N) is 1. The standard InChI is InChI=1S/C15H14N2O2/c18-14(13-9-5-2-6-10-13)15(19)17-16-11-12-7-3-1-4-8-12/h1-11,14,18H,(H,17,19)/t14-/m0/s1. The van der Waals surface area contributed by atoms with Gasteiger partial charge in [-0.25, -0.2) is 5.43 Å². The van der Waals surface area contributed by atoms with Gasteiger partial charge < -0.3 is 5.11 Å². The Balaban J connectivity index is 1.93.